The van der Waals surface area contributed by atoms with Crippen LogP contribution in [0.5, 0.6) is 0 Å². The summed E-state index contributed by atoms with van der Waals surface area (Å²) in [6.45, 7) is 0.761. The Kier molecular flexibility index (Phi) is 6.54. The average Bonchev–Trinajstić information content (AvgIpc) is 3.36. The second kappa shape index (κ2) is 10.3. The Morgan fingerprint density at radius 3 is 2.59 bits per heavy atom. The molecule has 39 heavy (non-hydrogen) atoms. The van der Waals surface area contributed by atoms with Gasteiger partial charge in [-0.3, -0.25) is 24.3 Å². The van der Waals surface area contributed by atoms with Gasteiger partial charge in [0, 0.05) is 48.2 Å². The van der Waals surface area contributed by atoms with Gasteiger partial charge in [0.25, 0.3) is 11.8 Å². The van der Waals surface area contributed by atoms with E-state index in [-0.39, 0.29) is 30.7 Å². The van der Waals surface area contributed by atoms with E-state index in [1.807, 2.05) is 36.4 Å². The minimum atomic E-state index is -0.799. The van der Waals surface area contributed by atoms with Gasteiger partial charge in [-0.05, 0) is 66.1 Å². The first-order chi connectivity index (χ1) is 19.0. The van der Waals surface area contributed by atoms with Crippen LogP contribution >= 0.6 is 11.6 Å². The van der Waals surface area contributed by atoms with Crippen molar-refractivity contribution in [2.24, 2.45) is 0 Å². The third kappa shape index (κ3) is 4.86. The monoisotopic (exact) mass is 537 g/mol. The molecule has 9 heteroatoms. The van der Waals surface area contributed by atoms with E-state index in [4.69, 9.17) is 11.6 Å². The molecule has 8 nitrogen and oxygen atoms in total. The van der Waals surface area contributed by atoms with Gasteiger partial charge in [0.2, 0.25) is 5.91 Å². The van der Waals surface area contributed by atoms with Crippen LogP contribution < -0.4 is 10.2 Å². The second-order valence-electron chi connectivity index (χ2n) is 9.54. The van der Waals surface area contributed by atoms with Crippen LogP contribution in [0.3, 0.4) is 0 Å². The summed E-state index contributed by atoms with van der Waals surface area (Å²) in [5, 5.41) is 3.30. The Balaban J connectivity index is 1.28. The Hall–Kier alpha value is -4.56. The van der Waals surface area contributed by atoms with Gasteiger partial charge >= 0.3 is 0 Å². The minimum absolute atomic E-state index is 0.122. The molecule has 0 bridgehead atoms. The quantitative estimate of drug-likeness (QED) is 0.403. The van der Waals surface area contributed by atoms with Crippen LogP contribution in [0.2, 0.25) is 5.02 Å². The molecule has 4 aromatic rings. The van der Waals surface area contributed by atoms with Crippen LogP contribution in [0, 0.1) is 0 Å². The van der Waals surface area contributed by atoms with Gasteiger partial charge in [0.1, 0.15) is 11.9 Å². The number of amides is 3. The second-order valence-corrected chi connectivity index (χ2v) is 9.98. The summed E-state index contributed by atoms with van der Waals surface area (Å²) in [6.07, 6.45) is 4.37. The van der Waals surface area contributed by atoms with E-state index in [0.717, 1.165) is 17.5 Å². The third-order valence-electron chi connectivity index (χ3n) is 7.07. The smallest absolute Gasteiger partial charge is 0.259 e. The molecule has 2 aliphatic rings. The molecule has 2 aromatic carbocycles. The fourth-order valence-corrected chi connectivity index (χ4v) is 5.24. The van der Waals surface area contributed by atoms with Crippen LogP contribution in [0.4, 0.5) is 11.5 Å². The van der Waals surface area contributed by atoms with Crippen molar-refractivity contribution < 1.29 is 14.4 Å². The van der Waals surface area contributed by atoms with E-state index >= 15 is 0 Å². The molecule has 6 rings (SSSR count). The number of nitrogens with zero attached hydrogens (tertiary/aromatic N) is 4. The number of hydrogen-bond acceptors (Lipinski definition) is 5. The molecule has 2 aromatic heterocycles. The lowest BCUT2D eigenvalue weighted by molar-refractivity contribution is -0.120. The van der Waals surface area contributed by atoms with Crippen molar-refractivity contribution in [3.8, 4) is 0 Å². The highest BCUT2D eigenvalue weighted by Gasteiger charge is 2.36. The number of fused-ring (bicyclic) bond motifs is 2. The number of anilines is 2. The predicted molar refractivity (Wildman–Crippen MR) is 148 cm³/mol. The number of benzene rings is 2. The maximum absolute atomic E-state index is 13.8. The number of pyridine rings is 2. The molecule has 0 radical (unpaired) electrons. The van der Waals surface area contributed by atoms with Crippen molar-refractivity contribution in [2.45, 2.75) is 25.4 Å². The number of carbonyl (C=O) groups is 3. The molecular weight excluding hydrogens is 514 g/mol. The molecule has 0 aliphatic carbocycles. The van der Waals surface area contributed by atoms with Gasteiger partial charge in [-0.25, -0.2) is 4.98 Å². The van der Waals surface area contributed by atoms with Gasteiger partial charge in [-0.2, -0.15) is 0 Å². The summed E-state index contributed by atoms with van der Waals surface area (Å²) >= 11 is 6.15. The Morgan fingerprint density at radius 2 is 1.79 bits per heavy atom. The van der Waals surface area contributed by atoms with Crippen molar-refractivity contribution in [3.05, 3.63) is 118 Å². The van der Waals surface area contributed by atoms with Crippen LogP contribution in [-0.4, -0.2) is 45.2 Å². The molecule has 0 fully saturated rings. The van der Waals surface area contributed by atoms with E-state index in [0.29, 0.717) is 39.9 Å². The zero-order valence-electron chi connectivity index (χ0n) is 20.9. The van der Waals surface area contributed by atoms with Crippen molar-refractivity contribution >= 4 is 40.8 Å². The molecule has 2 aliphatic heterocycles. The number of aromatic nitrogens is 2. The first-order valence-electron chi connectivity index (χ1n) is 12.6. The summed E-state index contributed by atoms with van der Waals surface area (Å²) in [6, 6.07) is 20.5. The fourth-order valence-electron chi connectivity index (χ4n) is 5.07. The molecule has 194 valence electrons. The maximum Gasteiger partial charge on any atom is 0.259 e. The highest BCUT2D eigenvalue weighted by molar-refractivity contribution is 6.31. The van der Waals surface area contributed by atoms with E-state index in [2.05, 4.69) is 15.3 Å². The van der Waals surface area contributed by atoms with Crippen LogP contribution in [0.1, 0.15) is 37.5 Å². The van der Waals surface area contributed by atoms with Crippen LogP contribution in [0.25, 0.3) is 0 Å². The van der Waals surface area contributed by atoms with Gasteiger partial charge in [-0.1, -0.05) is 35.9 Å². The van der Waals surface area contributed by atoms with Crippen molar-refractivity contribution in [2.75, 3.05) is 16.8 Å². The lowest BCUT2D eigenvalue weighted by Crippen LogP contribution is -2.46. The Labute approximate surface area is 230 Å². The summed E-state index contributed by atoms with van der Waals surface area (Å²) in [4.78, 5) is 52.4. The van der Waals surface area contributed by atoms with Gasteiger partial charge in [0.15, 0.2) is 0 Å². The fraction of sp³-hybridized carbons (Fsp3) is 0.167. The normalized spacial score (nSPS) is 16.4. The van der Waals surface area contributed by atoms with Gasteiger partial charge < -0.3 is 10.2 Å². The van der Waals surface area contributed by atoms with E-state index in [1.165, 1.54) is 0 Å². The zero-order valence-corrected chi connectivity index (χ0v) is 21.6. The molecule has 0 saturated carbocycles. The van der Waals surface area contributed by atoms with E-state index < -0.39 is 6.04 Å². The largest absolute Gasteiger partial charge is 0.323 e. The van der Waals surface area contributed by atoms with E-state index in [1.54, 1.807) is 58.6 Å². The van der Waals surface area contributed by atoms with Crippen LogP contribution in [0.15, 0.2) is 85.2 Å². The Morgan fingerprint density at radius 1 is 0.974 bits per heavy atom. The highest BCUT2D eigenvalue weighted by Crippen LogP contribution is 2.29. The topological polar surface area (TPSA) is 95.5 Å². The number of halogens is 1. The van der Waals surface area contributed by atoms with E-state index in [9.17, 15) is 14.4 Å². The summed E-state index contributed by atoms with van der Waals surface area (Å²) in [7, 11) is 0. The van der Waals surface area contributed by atoms with Crippen molar-refractivity contribution in [3.63, 3.8) is 0 Å². The van der Waals surface area contributed by atoms with Crippen LogP contribution in [-0.2, 0) is 24.2 Å². The molecule has 0 unspecified atom stereocenters. The zero-order chi connectivity index (χ0) is 26.9. The number of hydrogen-bond donors (Lipinski definition) is 1. The van der Waals surface area contributed by atoms with Gasteiger partial charge in [0.05, 0.1) is 11.3 Å². The predicted octanol–water partition coefficient (Wildman–Crippen LogP) is 4.54. The number of nitrogens with one attached hydrogen (secondary N) is 1. The lowest BCUT2D eigenvalue weighted by atomic mass is 10.0. The Bertz CT molecular complexity index is 1580. The third-order valence-corrected chi connectivity index (χ3v) is 7.30. The molecule has 4 heterocycles. The van der Waals surface area contributed by atoms with Gasteiger partial charge in [-0.15, -0.1) is 0 Å². The molecule has 0 saturated heterocycles. The number of rotatable bonds is 5. The first kappa shape index (κ1) is 24.8. The maximum atomic E-state index is 13.8. The SMILES string of the molecule is O=C1Nc2cc(Cl)ccc2C(=O)N(Cc2ccc(C(=O)N3CCc4cccnc43)cc2)[C@@H]1Cc1ccccn1. The minimum Gasteiger partial charge on any atom is -0.323 e. The molecular formula is C30H24ClN5O3. The molecule has 3 amide bonds. The van der Waals surface area contributed by atoms with Crippen molar-refractivity contribution in [1.29, 1.82) is 0 Å². The lowest BCUT2D eigenvalue weighted by Gasteiger charge is -2.29. The first-order valence-corrected chi connectivity index (χ1v) is 13.0. The summed E-state index contributed by atoms with van der Waals surface area (Å²) in [5.41, 5.74) is 3.81. The van der Waals surface area contributed by atoms with Crippen molar-refractivity contribution in [1.82, 2.24) is 14.9 Å². The molecule has 0 spiro atoms. The summed E-state index contributed by atoms with van der Waals surface area (Å²) < 4.78 is 0. The highest BCUT2D eigenvalue weighted by atomic mass is 35.5. The standard InChI is InChI=1S/C30H24ClN5O3/c31-22-10-11-24-25(16-22)34-28(37)26(17-23-5-1-2-13-32-23)36(30(24)39)18-19-6-8-21(9-7-19)29(38)35-15-12-20-4-3-14-33-27(20)35/h1-11,13-14,16,26H,12,15,17-18H2,(H,34,37)/t26-/m1/s1. The summed E-state index contributed by atoms with van der Waals surface area (Å²) in [5.74, 6) is -0.0326. The average molecular weight is 538 g/mol. The molecule has 1 atom stereocenters. The number of carbonyl (C=O) groups excluding carboxylic acids is 3. The molecule has 1 N–H and O–H groups in total.